The lowest BCUT2D eigenvalue weighted by Gasteiger charge is -2.50. The zero-order chi connectivity index (χ0) is 19.8. The molecule has 1 saturated carbocycles. The van der Waals surface area contributed by atoms with E-state index in [1.165, 1.54) is 0 Å². The van der Waals surface area contributed by atoms with Gasteiger partial charge in [-0.05, 0) is 0 Å². The predicted molar refractivity (Wildman–Crippen MR) is 40.7 cm³/mol. The zero-order valence-corrected chi connectivity index (χ0v) is 10.1. The van der Waals surface area contributed by atoms with Crippen LogP contribution in [0.2, 0.25) is 0 Å². The lowest BCUT2D eigenvalue weighted by molar-refractivity contribution is -0.480. The monoisotopic (exact) mass is 394 g/mol. The molecule has 0 amide bonds. The molecule has 1 aliphatic rings. The molecule has 2 nitrogen and oxygen atoms in total. The third kappa shape index (κ3) is 1.93. The zero-order valence-electron chi connectivity index (χ0n) is 10.1. The van der Waals surface area contributed by atoms with Crippen molar-refractivity contribution >= 4 is 5.97 Å². The lowest BCUT2D eigenvalue weighted by atomic mass is 9.72. The quantitative estimate of drug-likeness (QED) is 0.498. The molecule has 16 heteroatoms. The molecule has 1 aliphatic carbocycles. The fourth-order valence-electron chi connectivity index (χ4n) is 1.65. The van der Waals surface area contributed by atoms with E-state index in [0.717, 1.165) is 0 Å². The second-order valence-corrected chi connectivity index (χ2v) is 4.37. The van der Waals surface area contributed by atoms with E-state index in [0.29, 0.717) is 0 Å². The summed E-state index contributed by atoms with van der Waals surface area (Å²) in [7, 11) is 0. The molecular formula is C8F14O2. The first-order valence-corrected chi connectivity index (χ1v) is 5.01. The molecule has 0 aromatic carbocycles. The summed E-state index contributed by atoms with van der Waals surface area (Å²) in [6, 6.07) is 0. The average Bonchev–Trinajstić information content (AvgIpc) is 2.32. The first-order valence-electron chi connectivity index (χ1n) is 5.01. The average molecular weight is 394 g/mol. The Morgan fingerprint density at radius 3 is 1.08 bits per heavy atom. The van der Waals surface area contributed by atoms with Crippen molar-refractivity contribution in [2.75, 3.05) is 0 Å². The van der Waals surface area contributed by atoms with E-state index >= 15 is 0 Å². The molecule has 24 heavy (non-hydrogen) atoms. The molecule has 0 heterocycles. The maximum Gasteiger partial charge on any atom is 0.575 e. The molecule has 0 aliphatic heterocycles. The van der Waals surface area contributed by atoms with Gasteiger partial charge in [-0.25, -0.2) is 9.18 Å². The Kier molecular flexibility index (Phi) is 3.90. The van der Waals surface area contributed by atoms with Crippen molar-refractivity contribution in [2.24, 2.45) is 0 Å². The van der Waals surface area contributed by atoms with Crippen LogP contribution in [-0.4, -0.2) is 47.6 Å². The molecule has 0 spiro atoms. The van der Waals surface area contributed by atoms with Gasteiger partial charge in [0.1, 0.15) is 0 Å². The Balaban J connectivity index is 3.79. The van der Waals surface area contributed by atoms with E-state index in [-0.39, 0.29) is 0 Å². The lowest BCUT2D eigenvalue weighted by Crippen LogP contribution is -2.85. The van der Waals surface area contributed by atoms with Crippen LogP contribution < -0.4 is 0 Å². The van der Waals surface area contributed by atoms with E-state index in [1.807, 2.05) is 0 Å². The molecule has 0 radical (unpaired) electrons. The molecule has 142 valence electrons. The summed E-state index contributed by atoms with van der Waals surface area (Å²) in [6.45, 7) is 0. The second-order valence-electron chi connectivity index (χ2n) is 4.37. The molecular weight excluding hydrogens is 394 g/mol. The number of carbonyl (C=O) groups is 1. The summed E-state index contributed by atoms with van der Waals surface area (Å²) < 4.78 is 179. The van der Waals surface area contributed by atoms with E-state index < -0.39 is 47.6 Å². The highest BCUT2D eigenvalue weighted by Gasteiger charge is 3.03. The van der Waals surface area contributed by atoms with E-state index in [1.54, 1.807) is 4.74 Å². The van der Waals surface area contributed by atoms with Crippen molar-refractivity contribution in [3.8, 4) is 0 Å². The van der Waals surface area contributed by atoms with Crippen LogP contribution in [0.1, 0.15) is 0 Å². The Hall–Kier alpha value is -1.51. The summed E-state index contributed by atoms with van der Waals surface area (Å²) in [5.74, 6) is -43.1. The van der Waals surface area contributed by atoms with Gasteiger partial charge in [0.05, 0.1) is 0 Å². The molecule has 0 bridgehead atoms. The number of ether oxygens (including phenoxy) is 1. The Labute approximate surface area is 120 Å². The van der Waals surface area contributed by atoms with Gasteiger partial charge in [-0.3, -0.25) is 0 Å². The minimum absolute atomic E-state index is 1.72. The smallest absolute Gasteiger partial charge is 0.370 e. The molecule has 0 N–H and O–H groups in total. The van der Waals surface area contributed by atoms with E-state index in [2.05, 4.69) is 0 Å². The van der Waals surface area contributed by atoms with Crippen LogP contribution in [0.5, 0.6) is 0 Å². The maximum absolute atomic E-state index is 13.6. The first kappa shape index (κ1) is 20.5. The minimum Gasteiger partial charge on any atom is -0.370 e. The van der Waals surface area contributed by atoms with Crippen molar-refractivity contribution in [1.29, 1.82) is 0 Å². The van der Waals surface area contributed by atoms with Gasteiger partial charge >= 0.3 is 47.6 Å². The fraction of sp³-hybridized carbons (Fsp3) is 0.875. The summed E-state index contributed by atoms with van der Waals surface area (Å²) >= 11 is 0. The van der Waals surface area contributed by atoms with Gasteiger partial charge in [0.15, 0.2) is 0 Å². The Morgan fingerprint density at radius 2 is 0.833 bits per heavy atom. The van der Waals surface area contributed by atoms with Crippen LogP contribution in [0.25, 0.3) is 0 Å². The Morgan fingerprint density at radius 1 is 0.583 bits per heavy atom. The van der Waals surface area contributed by atoms with Crippen molar-refractivity contribution in [3.63, 3.8) is 0 Å². The van der Waals surface area contributed by atoms with Crippen molar-refractivity contribution in [2.45, 2.75) is 41.6 Å². The first-order chi connectivity index (χ1) is 10.1. The van der Waals surface area contributed by atoms with Gasteiger partial charge in [0.2, 0.25) is 0 Å². The summed E-state index contributed by atoms with van der Waals surface area (Å²) in [5, 5.41) is 0. The fourth-order valence-corrected chi connectivity index (χ4v) is 1.65. The molecule has 0 aromatic heterocycles. The minimum atomic E-state index is -7.71. The molecule has 0 atom stereocenters. The number of halogens is 14. The van der Waals surface area contributed by atoms with Crippen molar-refractivity contribution < 1.29 is 71.0 Å². The number of hydrogen-bond donors (Lipinski definition) is 0. The summed E-state index contributed by atoms with van der Waals surface area (Å²) in [4.78, 5) is 10.6. The van der Waals surface area contributed by atoms with Gasteiger partial charge in [-0.1, -0.05) is 0 Å². The predicted octanol–water partition coefficient (Wildman–Crippen LogP) is 3.95. The van der Waals surface area contributed by atoms with Crippen LogP contribution in [0.15, 0.2) is 0 Å². The highest BCUT2D eigenvalue weighted by atomic mass is 19.4. The molecule has 1 rings (SSSR count). The number of alkyl halides is 14. The third-order valence-corrected chi connectivity index (χ3v) is 2.93. The molecule has 1 fully saturated rings. The molecule has 0 saturated heterocycles. The summed E-state index contributed by atoms with van der Waals surface area (Å²) in [5.41, 5.74) is -7.47. The van der Waals surface area contributed by atoms with Crippen LogP contribution in [0, 0.1) is 0 Å². The van der Waals surface area contributed by atoms with E-state index in [9.17, 15) is 66.3 Å². The van der Waals surface area contributed by atoms with Gasteiger partial charge in [0.25, 0.3) is 0 Å². The van der Waals surface area contributed by atoms with Crippen LogP contribution >= 0.6 is 0 Å². The van der Waals surface area contributed by atoms with Gasteiger partial charge < -0.3 is 4.74 Å². The maximum atomic E-state index is 13.6. The third-order valence-electron chi connectivity index (χ3n) is 2.93. The van der Waals surface area contributed by atoms with Crippen molar-refractivity contribution in [3.05, 3.63) is 0 Å². The highest BCUT2D eigenvalue weighted by Crippen LogP contribution is 2.69. The molecule has 0 aromatic rings. The van der Waals surface area contributed by atoms with Crippen LogP contribution in [0.3, 0.4) is 0 Å². The topological polar surface area (TPSA) is 26.3 Å². The van der Waals surface area contributed by atoms with Crippen LogP contribution in [0.4, 0.5) is 61.5 Å². The SMILES string of the molecule is O=C(OC(F)(F)F)C1(F)C(F)(F)C(F)(F)C(F)(F)C(F)(F)C1(F)F. The Bertz CT molecular complexity index is 515. The van der Waals surface area contributed by atoms with Gasteiger partial charge in [-0.2, -0.15) is 43.9 Å². The number of rotatable bonds is 1. The normalized spacial score (nSPS) is 28.9. The standard InChI is InChI=1S/C8F14O2/c9-2(1(23)24-8(20,21)22)3(10,11)5(14,15)7(18,19)6(16,17)4(2,12)13. The summed E-state index contributed by atoms with van der Waals surface area (Å²) in [6.07, 6.45) is -6.56. The number of hydrogen-bond acceptors (Lipinski definition) is 2. The number of esters is 1. The van der Waals surface area contributed by atoms with Gasteiger partial charge in [-0.15, -0.1) is 13.2 Å². The van der Waals surface area contributed by atoms with Crippen molar-refractivity contribution in [1.82, 2.24) is 0 Å². The van der Waals surface area contributed by atoms with Gasteiger partial charge in [0, 0.05) is 0 Å². The van der Waals surface area contributed by atoms with E-state index in [4.69, 9.17) is 0 Å². The second kappa shape index (κ2) is 4.56. The largest absolute Gasteiger partial charge is 0.575 e. The highest BCUT2D eigenvalue weighted by molar-refractivity contribution is 5.84. The molecule has 0 unspecified atom stereocenters. The number of carbonyl (C=O) groups excluding carboxylic acids is 1. The van der Waals surface area contributed by atoms with Crippen LogP contribution in [-0.2, 0) is 9.53 Å².